The van der Waals surface area contributed by atoms with E-state index in [1.54, 1.807) is 12.1 Å². The third-order valence-corrected chi connectivity index (χ3v) is 4.58. The molecule has 0 radical (unpaired) electrons. The van der Waals surface area contributed by atoms with E-state index < -0.39 is 5.91 Å². The average Bonchev–Trinajstić information content (AvgIpc) is 3.27. The van der Waals surface area contributed by atoms with Crippen molar-refractivity contribution >= 4 is 32.6 Å². The van der Waals surface area contributed by atoms with E-state index in [1.165, 1.54) is 53.8 Å². The van der Waals surface area contributed by atoms with Crippen molar-refractivity contribution in [1.29, 1.82) is 0 Å². The van der Waals surface area contributed by atoms with E-state index in [-0.39, 0.29) is 24.0 Å². The number of carbonyl (C=O) groups is 1. The molecule has 1 N–H and O–H groups in total. The third kappa shape index (κ3) is 3.95. The standard InChI is InChI=1S/C19H12F2N2O3S/c20-11-1-4-13(5-2-11)25-10-14-6-8-16(26-14)18(24)23-19-22-15-7-3-12(21)9-17(15)27-19/h1-9H,10H2,(H,22,23,24). The number of ether oxygens (including phenoxy) is 1. The fourth-order valence-electron chi connectivity index (χ4n) is 2.37. The van der Waals surface area contributed by atoms with Crippen LogP contribution >= 0.6 is 11.3 Å². The summed E-state index contributed by atoms with van der Waals surface area (Å²) in [6, 6.07) is 12.9. The number of nitrogens with one attached hydrogen (secondary N) is 1. The topological polar surface area (TPSA) is 64.4 Å². The van der Waals surface area contributed by atoms with Gasteiger partial charge in [0.25, 0.3) is 5.91 Å². The van der Waals surface area contributed by atoms with Crippen LogP contribution < -0.4 is 10.1 Å². The van der Waals surface area contributed by atoms with Gasteiger partial charge in [0.15, 0.2) is 10.9 Å². The molecule has 0 saturated carbocycles. The van der Waals surface area contributed by atoms with Crippen LogP contribution in [0.4, 0.5) is 13.9 Å². The van der Waals surface area contributed by atoms with Gasteiger partial charge in [0.05, 0.1) is 10.2 Å². The number of hydrogen-bond donors (Lipinski definition) is 1. The van der Waals surface area contributed by atoms with Crippen LogP contribution in [-0.4, -0.2) is 10.9 Å². The molecule has 1 amide bonds. The summed E-state index contributed by atoms with van der Waals surface area (Å²) >= 11 is 1.17. The molecule has 2 heterocycles. The predicted molar refractivity (Wildman–Crippen MR) is 97.0 cm³/mol. The molecule has 0 aliphatic carbocycles. The predicted octanol–water partition coefficient (Wildman–Crippen LogP) is 5.00. The van der Waals surface area contributed by atoms with Crippen LogP contribution in [0.15, 0.2) is 59.0 Å². The van der Waals surface area contributed by atoms with Crippen molar-refractivity contribution in [3.63, 3.8) is 0 Å². The van der Waals surface area contributed by atoms with Gasteiger partial charge in [-0.1, -0.05) is 11.3 Å². The zero-order valence-corrected chi connectivity index (χ0v) is 14.6. The number of halogens is 2. The smallest absolute Gasteiger partial charge is 0.293 e. The molecule has 0 aliphatic rings. The number of hydrogen-bond acceptors (Lipinski definition) is 5. The first kappa shape index (κ1) is 17.2. The molecule has 0 spiro atoms. The van der Waals surface area contributed by atoms with Gasteiger partial charge in [-0.2, -0.15) is 0 Å². The fourth-order valence-corrected chi connectivity index (χ4v) is 3.26. The van der Waals surface area contributed by atoms with Gasteiger partial charge >= 0.3 is 0 Å². The summed E-state index contributed by atoms with van der Waals surface area (Å²) in [7, 11) is 0. The van der Waals surface area contributed by atoms with Crippen molar-refractivity contribution in [2.45, 2.75) is 6.61 Å². The molecule has 8 heteroatoms. The Kier molecular flexibility index (Phi) is 4.55. The van der Waals surface area contributed by atoms with Crippen LogP contribution in [0, 0.1) is 11.6 Å². The molecule has 4 aromatic rings. The molecule has 0 fully saturated rings. The maximum atomic E-state index is 13.2. The van der Waals surface area contributed by atoms with Gasteiger partial charge in [0.1, 0.15) is 29.8 Å². The summed E-state index contributed by atoms with van der Waals surface area (Å²) in [5, 5.41) is 2.98. The Morgan fingerprint density at radius 1 is 1.07 bits per heavy atom. The average molecular weight is 386 g/mol. The number of thiazole rings is 1. The molecule has 2 aromatic carbocycles. The van der Waals surface area contributed by atoms with E-state index in [0.717, 1.165) is 0 Å². The second kappa shape index (κ2) is 7.16. The van der Waals surface area contributed by atoms with Gasteiger partial charge in [0.2, 0.25) is 0 Å². The number of amides is 1. The Morgan fingerprint density at radius 3 is 2.67 bits per heavy atom. The minimum Gasteiger partial charge on any atom is -0.486 e. The molecule has 27 heavy (non-hydrogen) atoms. The van der Waals surface area contributed by atoms with E-state index in [1.807, 2.05) is 0 Å². The second-order valence-electron chi connectivity index (χ2n) is 5.59. The Balaban J connectivity index is 1.40. The first-order valence-electron chi connectivity index (χ1n) is 7.91. The second-order valence-corrected chi connectivity index (χ2v) is 6.62. The minimum absolute atomic E-state index is 0.0955. The summed E-state index contributed by atoms with van der Waals surface area (Å²) in [5.74, 6) is -0.158. The van der Waals surface area contributed by atoms with E-state index in [4.69, 9.17) is 9.15 Å². The summed E-state index contributed by atoms with van der Waals surface area (Å²) < 4.78 is 37.7. The van der Waals surface area contributed by atoms with Crippen molar-refractivity contribution in [2.75, 3.05) is 5.32 Å². The highest BCUT2D eigenvalue weighted by atomic mass is 32.1. The summed E-state index contributed by atoms with van der Waals surface area (Å²) in [6.07, 6.45) is 0. The molecular formula is C19H12F2N2O3S. The SMILES string of the molecule is O=C(Nc1nc2ccc(F)cc2s1)c1ccc(COc2ccc(F)cc2)o1. The lowest BCUT2D eigenvalue weighted by molar-refractivity contribution is 0.0992. The van der Waals surface area contributed by atoms with Crippen molar-refractivity contribution in [2.24, 2.45) is 0 Å². The molecular weight excluding hydrogens is 374 g/mol. The summed E-state index contributed by atoms with van der Waals surface area (Å²) in [4.78, 5) is 16.5. The number of fused-ring (bicyclic) bond motifs is 1. The lowest BCUT2D eigenvalue weighted by Crippen LogP contribution is -2.10. The molecule has 0 unspecified atom stereocenters. The lowest BCUT2D eigenvalue weighted by atomic mass is 10.3. The largest absolute Gasteiger partial charge is 0.486 e. The minimum atomic E-state index is -0.470. The molecule has 0 aliphatic heterocycles. The van der Waals surface area contributed by atoms with Crippen LogP contribution in [0.1, 0.15) is 16.3 Å². The van der Waals surface area contributed by atoms with Gasteiger partial charge in [0, 0.05) is 0 Å². The number of nitrogens with zero attached hydrogens (tertiary/aromatic N) is 1. The summed E-state index contributed by atoms with van der Waals surface area (Å²) in [6.45, 7) is 0.0966. The van der Waals surface area contributed by atoms with E-state index in [9.17, 15) is 13.6 Å². The van der Waals surface area contributed by atoms with Gasteiger partial charge in [-0.3, -0.25) is 10.1 Å². The third-order valence-electron chi connectivity index (χ3n) is 3.65. The van der Waals surface area contributed by atoms with E-state index >= 15 is 0 Å². The number of anilines is 1. The Bertz CT molecular complexity index is 1110. The molecule has 0 atom stereocenters. The van der Waals surface area contributed by atoms with Crippen molar-refractivity contribution in [3.8, 4) is 5.75 Å². The normalized spacial score (nSPS) is 10.9. The van der Waals surface area contributed by atoms with E-state index in [0.29, 0.717) is 26.9 Å². The van der Waals surface area contributed by atoms with Gasteiger partial charge in [-0.25, -0.2) is 13.8 Å². The molecule has 5 nitrogen and oxygen atoms in total. The number of rotatable bonds is 5. The van der Waals surface area contributed by atoms with Crippen molar-refractivity contribution in [3.05, 3.63) is 77.8 Å². The highest BCUT2D eigenvalue weighted by Gasteiger charge is 2.14. The molecule has 0 saturated heterocycles. The Labute approximate surface area is 156 Å². The zero-order chi connectivity index (χ0) is 18.8. The molecule has 136 valence electrons. The van der Waals surface area contributed by atoms with Gasteiger partial charge in [-0.05, 0) is 54.6 Å². The maximum Gasteiger partial charge on any atom is 0.293 e. The van der Waals surface area contributed by atoms with Crippen molar-refractivity contribution in [1.82, 2.24) is 4.98 Å². The van der Waals surface area contributed by atoms with Crippen LogP contribution in [-0.2, 0) is 6.61 Å². The Morgan fingerprint density at radius 2 is 1.85 bits per heavy atom. The first-order valence-corrected chi connectivity index (χ1v) is 8.73. The number of benzene rings is 2. The van der Waals surface area contributed by atoms with Crippen LogP contribution in [0.5, 0.6) is 5.75 Å². The molecule has 0 bridgehead atoms. The van der Waals surface area contributed by atoms with Crippen LogP contribution in [0.3, 0.4) is 0 Å². The summed E-state index contributed by atoms with van der Waals surface area (Å²) in [5.41, 5.74) is 0.601. The highest BCUT2D eigenvalue weighted by Crippen LogP contribution is 2.27. The number of aromatic nitrogens is 1. The van der Waals surface area contributed by atoms with Crippen molar-refractivity contribution < 1.29 is 22.7 Å². The Hall–Kier alpha value is -3.26. The zero-order valence-electron chi connectivity index (χ0n) is 13.7. The van der Waals surface area contributed by atoms with Crippen LogP contribution in [0.2, 0.25) is 0 Å². The van der Waals surface area contributed by atoms with Gasteiger partial charge < -0.3 is 9.15 Å². The van der Waals surface area contributed by atoms with Gasteiger partial charge in [-0.15, -0.1) is 0 Å². The quantitative estimate of drug-likeness (QED) is 0.524. The maximum absolute atomic E-state index is 13.2. The lowest BCUT2D eigenvalue weighted by Gasteiger charge is -2.03. The number of carbonyl (C=O) groups excluding carboxylic acids is 1. The first-order chi connectivity index (χ1) is 13.1. The van der Waals surface area contributed by atoms with Crippen LogP contribution in [0.25, 0.3) is 10.2 Å². The van der Waals surface area contributed by atoms with E-state index in [2.05, 4.69) is 10.3 Å². The monoisotopic (exact) mass is 386 g/mol. The number of furan rings is 1. The molecule has 4 rings (SSSR count). The molecule has 2 aromatic heterocycles. The highest BCUT2D eigenvalue weighted by molar-refractivity contribution is 7.22. The fraction of sp³-hybridized carbons (Fsp3) is 0.0526.